The van der Waals surface area contributed by atoms with Crippen LogP contribution in [0.4, 0.5) is 17.6 Å². The van der Waals surface area contributed by atoms with E-state index < -0.39 is 30.1 Å². The summed E-state index contributed by atoms with van der Waals surface area (Å²) in [6.07, 6.45) is 0.569. The number of alkyl halides is 3. The third-order valence-corrected chi connectivity index (χ3v) is 11.9. The van der Waals surface area contributed by atoms with Crippen molar-refractivity contribution in [2.24, 2.45) is 0 Å². The Morgan fingerprint density at radius 3 is 2.11 bits per heavy atom. The van der Waals surface area contributed by atoms with Crippen LogP contribution in [0.5, 0.6) is 0 Å². The topological polar surface area (TPSA) is 173 Å². The summed E-state index contributed by atoms with van der Waals surface area (Å²) in [7, 11) is 0. The van der Waals surface area contributed by atoms with E-state index in [1.54, 1.807) is 12.1 Å². The average Bonchev–Trinajstić information content (AvgIpc) is 3.91. The Bertz CT molecular complexity index is 2320. The van der Waals surface area contributed by atoms with E-state index in [4.69, 9.17) is 25.5 Å². The monoisotopic (exact) mass is 880 g/mol. The van der Waals surface area contributed by atoms with Gasteiger partial charge < -0.3 is 34.1 Å². The predicted octanol–water partition coefficient (Wildman–Crippen LogP) is 6.27. The molecule has 3 N–H and O–H groups in total. The molecule has 330 valence electrons. The number of piperidine rings is 1. The lowest BCUT2D eigenvalue weighted by atomic mass is 10.0. The Hall–Kier alpha value is -5.43. The van der Waals surface area contributed by atoms with Gasteiger partial charge in [0.2, 0.25) is 12.4 Å². The molecule has 1 aliphatic heterocycles. The minimum absolute atomic E-state index is 0.156. The lowest BCUT2D eigenvalue weighted by Crippen LogP contribution is -2.35. The van der Waals surface area contributed by atoms with Gasteiger partial charge in [0, 0.05) is 23.4 Å². The Labute approximate surface area is 359 Å². The van der Waals surface area contributed by atoms with Crippen molar-refractivity contribution < 1.29 is 47.2 Å². The fourth-order valence-corrected chi connectivity index (χ4v) is 8.44. The second-order valence-corrected chi connectivity index (χ2v) is 16.1. The number of hydrogen-bond acceptors (Lipinski definition) is 11. The number of ether oxygens (including phenoxy) is 1. The van der Waals surface area contributed by atoms with E-state index in [1.165, 1.54) is 68.4 Å². The summed E-state index contributed by atoms with van der Waals surface area (Å²) < 4.78 is 60.9. The summed E-state index contributed by atoms with van der Waals surface area (Å²) >= 11 is 1.46. The molecule has 18 heteroatoms. The SMILES string of the molecule is O=COC(O)C(O)C(=O)O.O=c1nc(SCc2ccc(F)cc2)n(Cc2nnc(CCCCN3CCCCC3)n2Cc2ccc(-c3ccc(C(F)(F)F)cc3)cc2)c2c1CCC2. The van der Waals surface area contributed by atoms with Crippen LogP contribution in [0.1, 0.15) is 78.1 Å². The van der Waals surface area contributed by atoms with Crippen molar-refractivity contribution in [1.29, 1.82) is 0 Å². The largest absolute Gasteiger partial charge is 0.479 e. The molecule has 1 aliphatic carbocycles. The molecular weight excluding hydrogens is 833 g/mol. The van der Waals surface area contributed by atoms with Gasteiger partial charge in [-0.15, -0.1) is 10.2 Å². The number of carboxylic acid groups (broad SMARTS) is 1. The Morgan fingerprint density at radius 2 is 1.47 bits per heavy atom. The molecule has 2 atom stereocenters. The van der Waals surface area contributed by atoms with Crippen molar-refractivity contribution >= 4 is 24.2 Å². The number of nitrogens with zero attached hydrogens (tertiary/aromatic N) is 6. The number of aryl methyl sites for hydroxylation is 1. The van der Waals surface area contributed by atoms with E-state index in [0.29, 0.717) is 36.0 Å². The van der Waals surface area contributed by atoms with E-state index in [1.807, 2.05) is 24.3 Å². The van der Waals surface area contributed by atoms with Gasteiger partial charge in [-0.2, -0.15) is 18.2 Å². The molecule has 0 radical (unpaired) electrons. The molecule has 1 fully saturated rings. The Morgan fingerprint density at radius 1 is 0.823 bits per heavy atom. The zero-order valence-corrected chi connectivity index (χ0v) is 34.7. The number of likely N-dealkylation sites (tertiary alicyclic amines) is 1. The highest BCUT2D eigenvalue weighted by atomic mass is 32.2. The van der Waals surface area contributed by atoms with Crippen molar-refractivity contribution in [1.82, 2.24) is 29.2 Å². The lowest BCUT2D eigenvalue weighted by molar-refractivity contribution is -0.185. The molecule has 1 saturated heterocycles. The highest BCUT2D eigenvalue weighted by molar-refractivity contribution is 7.98. The quantitative estimate of drug-likeness (QED) is 0.0239. The van der Waals surface area contributed by atoms with Crippen LogP contribution in [0.3, 0.4) is 0 Å². The van der Waals surface area contributed by atoms with E-state index in [-0.39, 0.29) is 17.8 Å². The number of fused-ring (bicyclic) bond motifs is 1. The summed E-state index contributed by atoms with van der Waals surface area (Å²) in [4.78, 5) is 39.4. The summed E-state index contributed by atoms with van der Waals surface area (Å²) in [6.45, 7) is 4.17. The predicted molar refractivity (Wildman–Crippen MR) is 222 cm³/mol. The molecule has 0 amide bonds. The maximum absolute atomic E-state index is 13.6. The first-order chi connectivity index (χ1) is 29.8. The zero-order valence-electron chi connectivity index (χ0n) is 33.8. The molecule has 62 heavy (non-hydrogen) atoms. The number of rotatable bonds is 17. The Balaban J connectivity index is 0.000000572. The fourth-order valence-electron chi connectivity index (χ4n) is 7.48. The minimum atomic E-state index is -4.38. The van der Waals surface area contributed by atoms with Gasteiger partial charge in [-0.1, -0.05) is 66.7 Å². The summed E-state index contributed by atoms with van der Waals surface area (Å²) in [5.41, 5.74) is 4.38. The van der Waals surface area contributed by atoms with E-state index in [9.17, 15) is 31.9 Å². The Kier molecular flexibility index (Phi) is 16.0. The van der Waals surface area contributed by atoms with Crippen LogP contribution in [0.15, 0.2) is 82.7 Å². The number of hydrogen-bond donors (Lipinski definition) is 3. The molecular formula is C44H48F4N6O7S. The molecule has 0 bridgehead atoms. The van der Waals surface area contributed by atoms with Crippen LogP contribution in [0, 0.1) is 5.82 Å². The number of carbonyl (C=O) groups is 2. The zero-order chi connectivity index (χ0) is 44.2. The van der Waals surface area contributed by atoms with Crippen LogP contribution in [0.2, 0.25) is 0 Å². The average molecular weight is 881 g/mol. The second kappa shape index (κ2) is 21.6. The van der Waals surface area contributed by atoms with Crippen molar-refractivity contribution in [3.05, 3.63) is 129 Å². The first kappa shape index (κ1) is 46.1. The molecule has 2 unspecified atom stereocenters. The lowest BCUT2D eigenvalue weighted by Gasteiger charge is -2.26. The normalized spacial score (nSPS) is 15.0. The van der Waals surface area contributed by atoms with Crippen LogP contribution >= 0.6 is 11.8 Å². The van der Waals surface area contributed by atoms with Gasteiger partial charge in [0.05, 0.1) is 18.7 Å². The van der Waals surface area contributed by atoms with Crippen LogP contribution < -0.4 is 5.56 Å². The highest BCUT2D eigenvalue weighted by Gasteiger charge is 2.30. The molecule has 13 nitrogen and oxygen atoms in total. The van der Waals surface area contributed by atoms with Gasteiger partial charge >= 0.3 is 12.1 Å². The third-order valence-electron chi connectivity index (χ3n) is 10.8. The third kappa shape index (κ3) is 12.4. The second-order valence-electron chi connectivity index (χ2n) is 15.1. The molecule has 0 saturated carbocycles. The minimum Gasteiger partial charge on any atom is -0.479 e. The molecule has 2 aromatic heterocycles. The van der Waals surface area contributed by atoms with E-state index >= 15 is 0 Å². The number of aliphatic hydroxyl groups excluding tert-OH is 2. The molecule has 3 heterocycles. The number of benzene rings is 3. The number of halogens is 4. The molecule has 7 rings (SSSR count). The van der Waals surface area contributed by atoms with Gasteiger partial charge in [0.1, 0.15) is 11.6 Å². The van der Waals surface area contributed by atoms with Crippen LogP contribution in [-0.2, 0) is 58.6 Å². The van der Waals surface area contributed by atoms with Gasteiger partial charge in [-0.05, 0) is 111 Å². The summed E-state index contributed by atoms with van der Waals surface area (Å²) in [5, 5.41) is 34.8. The van der Waals surface area contributed by atoms with Crippen molar-refractivity contribution in [3.8, 4) is 11.1 Å². The molecule has 5 aromatic rings. The highest BCUT2D eigenvalue weighted by Crippen LogP contribution is 2.32. The smallest absolute Gasteiger partial charge is 0.416 e. The van der Waals surface area contributed by atoms with Crippen LogP contribution in [0.25, 0.3) is 11.1 Å². The van der Waals surface area contributed by atoms with Gasteiger partial charge in [0.25, 0.3) is 12.0 Å². The number of aliphatic carboxylic acids is 1. The molecule has 0 spiro atoms. The number of aliphatic hydroxyl groups is 2. The van der Waals surface area contributed by atoms with Gasteiger partial charge in [0.15, 0.2) is 11.0 Å². The van der Waals surface area contributed by atoms with Crippen molar-refractivity contribution in [2.45, 2.75) is 100 Å². The first-order valence-corrected chi connectivity index (χ1v) is 21.4. The summed E-state index contributed by atoms with van der Waals surface area (Å²) in [6, 6.07) is 19.4. The maximum Gasteiger partial charge on any atom is 0.416 e. The number of unbranched alkanes of at least 4 members (excludes halogenated alkanes) is 1. The van der Waals surface area contributed by atoms with Crippen molar-refractivity contribution in [3.63, 3.8) is 0 Å². The van der Waals surface area contributed by atoms with E-state index in [0.717, 1.165) is 90.4 Å². The molecule has 3 aromatic carbocycles. The number of thioether (sulfide) groups is 1. The van der Waals surface area contributed by atoms with Gasteiger partial charge in [-0.25, -0.2) is 9.18 Å². The van der Waals surface area contributed by atoms with Gasteiger partial charge in [-0.3, -0.25) is 9.59 Å². The van der Waals surface area contributed by atoms with Crippen LogP contribution in [-0.4, -0.2) is 89.0 Å². The standard InChI is InChI=1S/C40H42F4N6OS.C4H6O6/c41-33-20-12-29(13-21-33)27-52-39-45-38(51)34-7-6-8-35(34)49(39)26-37-47-46-36(9-2-5-24-48-22-3-1-4-23-48)50(37)25-28-10-14-30(15-11-28)31-16-18-32(19-17-31)40(42,43)44;5-1-10-4(9)2(6)3(7)8/h10-21H,1-9,22-27H2;1-2,4,6,9H,(H,7,8). The summed E-state index contributed by atoms with van der Waals surface area (Å²) in [5.74, 6) is 0.241. The number of aromatic nitrogens is 5. The van der Waals surface area contributed by atoms with Crippen molar-refractivity contribution in [2.75, 3.05) is 19.6 Å². The number of carboxylic acids is 1. The van der Waals surface area contributed by atoms with E-state index in [2.05, 4.69) is 23.8 Å². The first-order valence-electron chi connectivity index (χ1n) is 20.4. The fraction of sp³-hybridized carbons (Fsp3) is 0.409. The molecule has 2 aliphatic rings. The number of carbonyl (C=O) groups excluding carboxylic acids is 1. The maximum atomic E-state index is 13.6.